The van der Waals surface area contributed by atoms with Gasteiger partial charge >= 0.3 is 0 Å². The summed E-state index contributed by atoms with van der Waals surface area (Å²) in [5.41, 5.74) is 8.18. The summed E-state index contributed by atoms with van der Waals surface area (Å²) in [5, 5.41) is 0.215. The number of hydrogen-bond acceptors (Lipinski definition) is 4. The molecule has 70 valence electrons. The Kier molecular flexibility index (Phi) is 3.05. The summed E-state index contributed by atoms with van der Waals surface area (Å²) in [6, 6.07) is 1.46. The second kappa shape index (κ2) is 4.06. The van der Waals surface area contributed by atoms with Crippen LogP contribution in [0.2, 0.25) is 5.15 Å². The van der Waals surface area contributed by atoms with Gasteiger partial charge in [-0.1, -0.05) is 11.6 Å². The highest BCUT2D eigenvalue weighted by atomic mass is 35.5. The molecule has 0 fully saturated rings. The van der Waals surface area contributed by atoms with Crippen LogP contribution in [0.15, 0.2) is 12.3 Å². The topological polar surface area (TPSA) is 77.2 Å². The van der Waals surface area contributed by atoms with Gasteiger partial charge in [0, 0.05) is 6.20 Å². The fraction of sp³-hybridized carbons (Fsp3) is 0.143. The molecule has 0 saturated heterocycles. The number of nitrogens with two attached hydrogens (primary N) is 1. The van der Waals surface area contributed by atoms with Gasteiger partial charge in [0.25, 0.3) is 0 Å². The largest absolute Gasteiger partial charge is 0.366 e. The Morgan fingerprint density at radius 2 is 2.46 bits per heavy atom. The second-order valence-electron chi connectivity index (χ2n) is 2.23. The SMILES string of the molecule is CONc1cc(C(N)=O)cnc1Cl. The maximum atomic E-state index is 10.7. The number of carbonyl (C=O) groups excluding carboxylic acids is 1. The Bertz CT molecular complexity index is 330. The summed E-state index contributed by atoms with van der Waals surface area (Å²) in [4.78, 5) is 19.1. The summed E-state index contributed by atoms with van der Waals surface area (Å²) in [5.74, 6) is -0.566. The lowest BCUT2D eigenvalue weighted by Crippen LogP contribution is -2.12. The van der Waals surface area contributed by atoms with Crippen LogP contribution in [0.5, 0.6) is 0 Å². The molecule has 0 spiro atoms. The Morgan fingerprint density at radius 3 is 3.00 bits per heavy atom. The van der Waals surface area contributed by atoms with Crippen LogP contribution in [0, 0.1) is 0 Å². The first kappa shape index (κ1) is 9.76. The monoisotopic (exact) mass is 201 g/mol. The number of nitrogens with one attached hydrogen (secondary N) is 1. The number of amides is 1. The molecule has 1 amide bonds. The van der Waals surface area contributed by atoms with E-state index < -0.39 is 5.91 Å². The molecule has 3 N–H and O–H groups in total. The quantitative estimate of drug-likeness (QED) is 0.560. The third-order valence-corrected chi connectivity index (χ3v) is 1.64. The van der Waals surface area contributed by atoms with Crippen LogP contribution >= 0.6 is 11.6 Å². The number of nitrogens with zero attached hydrogens (tertiary/aromatic N) is 1. The molecule has 0 aliphatic carbocycles. The first-order valence-electron chi connectivity index (χ1n) is 3.39. The van der Waals surface area contributed by atoms with Crippen LogP contribution in [0.3, 0.4) is 0 Å². The minimum Gasteiger partial charge on any atom is -0.366 e. The van der Waals surface area contributed by atoms with Gasteiger partial charge in [0.1, 0.15) is 0 Å². The minimum atomic E-state index is -0.566. The van der Waals surface area contributed by atoms with Crippen LogP contribution in [0.25, 0.3) is 0 Å². The number of pyridine rings is 1. The number of halogens is 1. The molecule has 0 aromatic carbocycles. The predicted molar refractivity (Wildman–Crippen MR) is 48.4 cm³/mol. The molecular formula is C7H8ClN3O2. The summed E-state index contributed by atoms with van der Waals surface area (Å²) in [7, 11) is 1.42. The Morgan fingerprint density at radius 1 is 1.77 bits per heavy atom. The Hall–Kier alpha value is -1.33. The highest BCUT2D eigenvalue weighted by Crippen LogP contribution is 2.19. The van der Waals surface area contributed by atoms with Crippen LogP contribution < -0.4 is 11.2 Å². The molecule has 13 heavy (non-hydrogen) atoms. The van der Waals surface area contributed by atoms with E-state index in [0.717, 1.165) is 0 Å². The maximum absolute atomic E-state index is 10.7. The summed E-state index contributed by atoms with van der Waals surface area (Å²) in [6.45, 7) is 0. The van der Waals surface area contributed by atoms with Crippen molar-refractivity contribution < 1.29 is 9.63 Å². The lowest BCUT2D eigenvalue weighted by atomic mass is 10.2. The Balaban J connectivity index is 3.03. The number of rotatable bonds is 3. The van der Waals surface area contributed by atoms with Gasteiger partial charge in [0.2, 0.25) is 5.91 Å². The van der Waals surface area contributed by atoms with Crippen LogP contribution in [0.4, 0.5) is 5.69 Å². The first-order chi connectivity index (χ1) is 6.15. The average Bonchev–Trinajstić information content (AvgIpc) is 2.08. The number of primary amides is 1. The van der Waals surface area contributed by atoms with E-state index in [2.05, 4.69) is 15.3 Å². The van der Waals surface area contributed by atoms with Gasteiger partial charge in [0.15, 0.2) is 5.15 Å². The molecule has 1 aromatic heterocycles. The van der Waals surface area contributed by atoms with Crippen molar-refractivity contribution in [3.8, 4) is 0 Å². The fourth-order valence-electron chi connectivity index (χ4n) is 0.764. The van der Waals surface area contributed by atoms with Gasteiger partial charge in [0.05, 0.1) is 18.4 Å². The van der Waals surface area contributed by atoms with Crippen molar-refractivity contribution in [1.29, 1.82) is 0 Å². The third-order valence-electron chi connectivity index (χ3n) is 1.34. The van der Waals surface area contributed by atoms with Crippen molar-refractivity contribution in [2.75, 3.05) is 12.6 Å². The highest BCUT2D eigenvalue weighted by Gasteiger charge is 2.06. The Labute approximate surface area is 79.8 Å². The minimum absolute atomic E-state index is 0.215. The number of carbonyl (C=O) groups is 1. The summed E-state index contributed by atoms with van der Waals surface area (Å²) in [6.07, 6.45) is 1.30. The predicted octanol–water partition coefficient (Wildman–Crippen LogP) is 0.807. The molecule has 0 bridgehead atoms. The van der Waals surface area contributed by atoms with E-state index in [1.165, 1.54) is 19.4 Å². The molecule has 5 nitrogen and oxygen atoms in total. The van der Waals surface area contributed by atoms with Crippen LogP contribution in [-0.2, 0) is 4.84 Å². The van der Waals surface area contributed by atoms with E-state index in [1.54, 1.807) is 0 Å². The zero-order valence-corrected chi connectivity index (χ0v) is 7.63. The molecule has 0 aliphatic heterocycles. The molecule has 0 atom stereocenters. The van der Waals surface area contributed by atoms with Gasteiger partial charge in [-0.25, -0.2) is 4.98 Å². The van der Waals surface area contributed by atoms with E-state index in [-0.39, 0.29) is 10.7 Å². The molecule has 0 aliphatic rings. The smallest absolute Gasteiger partial charge is 0.250 e. The zero-order chi connectivity index (χ0) is 9.84. The van der Waals surface area contributed by atoms with Gasteiger partial charge in [-0.3, -0.25) is 15.1 Å². The van der Waals surface area contributed by atoms with Crippen molar-refractivity contribution in [3.05, 3.63) is 23.0 Å². The molecule has 1 heterocycles. The molecule has 6 heteroatoms. The van der Waals surface area contributed by atoms with Crippen molar-refractivity contribution in [2.24, 2.45) is 5.73 Å². The van der Waals surface area contributed by atoms with Crippen molar-refractivity contribution in [1.82, 2.24) is 4.98 Å². The van der Waals surface area contributed by atoms with E-state index in [0.29, 0.717) is 5.69 Å². The van der Waals surface area contributed by atoms with Crippen LogP contribution in [0.1, 0.15) is 10.4 Å². The van der Waals surface area contributed by atoms with Gasteiger partial charge in [-0.05, 0) is 6.07 Å². The maximum Gasteiger partial charge on any atom is 0.250 e. The normalized spacial score (nSPS) is 9.69. The van der Waals surface area contributed by atoms with E-state index in [1.807, 2.05) is 0 Å². The van der Waals surface area contributed by atoms with Crippen molar-refractivity contribution in [2.45, 2.75) is 0 Å². The van der Waals surface area contributed by atoms with Gasteiger partial charge < -0.3 is 5.73 Å². The lowest BCUT2D eigenvalue weighted by Gasteiger charge is -2.05. The van der Waals surface area contributed by atoms with E-state index in [9.17, 15) is 4.79 Å². The van der Waals surface area contributed by atoms with Gasteiger partial charge in [-0.15, -0.1) is 0 Å². The zero-order valence-electron chi connectivity index (χ0n) is 6.87. The van der Waals surface area contributed by atoms with Crippen LogP contribution in [-0.4, -0.2) is 18.0 Å². The molecule has 1 aromatic rings. The van der Waals surface area contributed by atoms with Crippen molar-refractivity contribution in [3.63, 3.8) is 0 Å². The molecule has 1 rings (SSSR count). The van der Waals surface area contributed by atoms with E-state index in [4.69, 9.17) is 17.3 Å². The third kappa shape index (κ3) is 2.30. The summed E-state index contributed by atoms with van der Waals surface area (Å²) < 4.78 is 0. The number of anilines is 1. The second-order valence-corrected chi connectivity index (χ2v) is 2.59. The molecular weight excluding hydrogens is 194 g/mol. The highest BCUT2D eigenvalue weighted by molar-refractivity contribution is 6.32. The summed E-state index contributed by atoms with van der Waals surface area (Å²) >= 11 is 5.67. The fourth-order valence-corrected chi connectivity index (χ4v) is 0.906. The molecule has 0 saturated carbocycles. The average molecular weight is 202 g/mol. The number of aromatic nitrogens is 1. The number of hydrogen-bond donors (Lipinski definition) is 2. The van der Waals surface area contributed by atoms with E-state index >= 15 is 0 Å². The van der Waals surface area contributed by atoms with Crippen molar-refractivity contribution >= 4 is 23.2 Å². The first-order valence-corrected chi connectivity index (χ1v) is 3.77. The molecule has 0 unspecified atom stereocenters. The lowest BCUT2D eigenvalue weighted by molar-refractivity contribution is 0.1000. The standard InChI is InChI=1S/C7H8ClN3O2/c1-13-11-5-2-4(7(9)12)3-10-6(5)8/h2-3,11H,1H3,(H2,9,12). The molecule has 0 radical (unpaired) electrons. The van der Waals surface area contributed by atoms with Gasteiger partial charge in [-0.2, -0.15) is 0 Å².